The SMILES string of the molecule is Cc1ccc(Nc2c(C(=O)NOC[C@H](O)CCO)c(=O)n(C)c(=O)n2C)c(F)c1. The van der Waals surface area contributed by atoms with E-state index in [1.807, 2.05) is 5.48 Å². The topological polar surface area (TPSA) is 135 Å². The van der Waals surface area contributed by atoms with E-state index in [9.17, 15) is 23.9 Å². The summed E-state index contributed by atoms with van der Waals surface area (Å²) in [5.74, 6) is -1.85. The van der Waals surface area contributed by atoms with Gasteiger partial charge in [0.2, 0.25) is 0 Å². The van der Waals surface area contributed by atoms with Gasteiger partial charge in [0.25, 0.3) is 11.5 Å². The molecule has 0 radical (unpaired) electrons. The van der Waals surface area contributed by atoms with E-state index in [1.54, 1.807) is 13.0 Å². The molecule has 0 fully saturated rings. The maximum absolute atomic E-state index is 14.2. The number of carbonyl (C=O) groups is 1. The van der Waals surface area contributed by atoms with Crippen molar-refractivity contribution < 1.29 is 24.2 Å². The van der Waals surface area contributed by atoms with E-state index in [-0.39, 0.29) is 31.1 Å². The number of nitrogens with zero attached hydrogens (tertiary/aromatic N) is 2. The molecule has 1 aromatic carbocycles. The average molecular weight is 410 g/mol. The number of benzene rings is 1. The molecule has 2 aromatic rings. The number of halogens is 1. The number of hydrogen-bond donors (Lipinski definition) is 4. The van der Waals surface area contributed by atoms with Crippen molar-refractivity contribution in [2.24, 2.45) is 14.1 Å². The van der Waals surface area contributed by atoms with Gasteiger partial charge in [0.1, 0.15) is 23.8 Å². The summed E-state index contributed by atoms with van der Waals surface area (Å²) in [7, 11) is 2.52. The van der Waals surface area contributed by atoms with Crippen molar-refractivity contribution >= 4 is 17.4 Å². The van der Waals surface area contributed by atoms with E-state index >= 15 is 0 Å². The van der Waals surface area contributed by atoms with E-state index < -0.39 is 34.6 Å². The van der Waals surface area contributed by atoms with E-state index in [1.165, 1.54) is 26.2 Å². The van der Waals surface area contributed by atoms with Gasteiger partial charge in [-0.3, -0.25) is 23.6 Å². The Balaban J connectivity index is 2.41. The van der Waals surface area contributed by atoms with Crippen molar-refractivity contribution in [2.45, 2.75) is 19.4 Å². The number of carbonyl (C=O) groups excluding carboxylic acids is 1. The molecule has 0 saturated heterocycles. The van der Waals surface area contributed by atoms with Gasteiger partial charge >= 0.3 is 5.69 Å². The van der Waals surface area contributed by atoms with Gasteiger partial charge in [0.15, 0.2) is 0 Å². The van der Waals surface area contributed by atoms with Crippen molar-refractivity contribution in [3.8, 4) is 0 Å². The largest absolute Gasteiger partial charge is 0.396 e. The maximum atomic E-state index is 14.2. The molecular formula is C18H23FN4O6. The molecule has 11 heteroatoms. The molecule has 10 nitrogen and oxygen atoms in total. The number of nitrogens with one attached hydrogen (secondary N) is 2. The minimum Gasteiger partial charge on any atom is -0.396 e. The standard InChI is InChI=1S/C18H23FN4O6/c1-10-4-5-13(12(19)8-10)20-15-14(17(27)23(3)18(28)22(15)2)16(26)21-29-9-11(25)6-7-24/h4-5,8,11,20,24-25H,6-7,9H2,1-3H3,(H,21,26)/t11-/m1/s1. The summed E-state index contributed by atoms with van der Waals surface area (Å²) in [5, 5.41) is 20.9. The van der Waals surface area contributed by atoms with Crippen LogP contribution in [0.25, 0.3) is 0 Å². The molecule has 1 aromatic heterocycles. The van der Waals surface area contributed by atoms with Crippen molar-refractivity contribution in [1.29, 1.82) is 0 Å². The normalized spacial score (nSPS) is 11.9. The first-order chi connectivity index (χ1) is 13.7. The van der Waals surface area contributed by atoms with Crippen LogP contribution < -0.4 is 22.0 Å². The number of rotatable bonds is 8. The number of hydroxylamine groups is 1. The Morgan fingerprint density at radius 3 is 2.59 bits per heavy atom. The number of aliphatic hydroxyl groups is 2. The van der Waals surface area contributed by atoms with Crippen molar-refractivity contribution in [3.63, 3.8) is 0 Å². The summed E-state index contributed by atoms with van der Waals surface area (Å²) in [6.07, 6.45) is -0.987. The van der Waals surface area contributed by atoms with E-state index in [2.05, 4.69) is 5.32 Å². The molecule has 0 aliphatic rings. The zero-order valence-corrected chi connectivity index (χ0v) is 16.2. The number of hydrogen-bond acceptors (Lipinski definition) is 7. The molecular weight excluding hydrogens is 387 g/mol. The second kappa shape index (κ2) is 9.45. The van der Waals surface area contributed by atoms with Crippen LogP contribution in [-0.4, -0.2) is 44.6 Å². The van der Waals surface area contributed by atoms with Gasteiger partial charge in [-0.2, -0.15) is 0 Å². The van der Waals surface area contributed by atoms with Crippen LogP contribution in [0.15, 0.2) is 27.8 Å². The van der Waals surface area contributed by atoms with Gasteiger partial charge in [0.05, 0.1) is 11.8 Å². The smallest absolute Gasteiger partial charge is 0.332 e. The van der Waals surface area contributed by atoms with Crippen molar-refractivity contribution in [2.75, 3.05) is 18.5 Å². The van der Waals surface area contributed by atoms with Crippen molar-refractivity contribution in [1.82, 2.24) is 14.6 Å². The third kappa shape index (κ3) is 5.08. The fourth-order valence-corrected chi connectivity index (χ4v) is 2.53. The first kappa shape index (κ1) is 22.3. The highest BCUT2D eigenvalue weighted by Gasteiger charge is 2.23. The minimum absolute atomic E-state index is 0.0350. The van der Waals surface area contributed by atoms with Crippen LogP contribution in [0.4, 0.5) is 15.9 Å². The van der Waals surface area contributed by atoms with Gasteiger partial charge in [-0.15, -0.1) is 0 Å². The van der Waals surface area contributed by atoms with E-state index in [4.69, 9.17) is 9.94 Å². The molecule has 0 bridgehead atoms. The van der Waals surface area contributed by atoms with E-state index in [0.717, 1.165) is 9.13 Å². The first-order valence-corrected chi connectivity index (χ1v) is 8.71. The molecule has 0 aliphatic heterocycles. The Morgan fingerprint density at radius 1 is 1.28 bits per heavy atom. The summed E-state index contributed by atoms with van der Waals surface area (Å²) in [6, 6.07) is 4.29. The second-order valence-corrected chi connectivity index (χ2v) is 6.45. The number of aliphatic hydroxyl groups excluding tert-OH is 2. The van der Waals surface area contributed by atoms with Gasteiger partial charge in [-0.25, -0.2) is 14.7 Å². The highest BCUT2D eigenvalue weighted by atomic mass is 19.1. The zero-order chi connectivity index (χ0) is 21.7. The van der Waals surface area contributed by atoms with Crippen LogP contribution in [0.2, 0.25) is 0 Å². The minimum atomic E-state index is -1.03. The van der Waals surface area contributed by atoms with Crippen LogP contribution in [0.3, 0.4) is 0 Å². The molecule has 0 spiro atoms. The molecule has 0 unspecified atom stereocenters. The molecule has 29 heavy (non-hydrogen) atoms. The predicted molar refractivity (Wildman–Crippen MR) is 102 cm³/mol. The van der Waals surface area contributed by atoms with Crippen molar-refractivity contribution in [3.05, 3.63) is 56.0 Å². The number of aromatic nitrogens is 2. The van der Waals surface area contributed by atoms with Gasteiger partial charge in [-0.05, 0) is 31.0 Å². The average Bonchev–Trinajstić information content (AvgIpc) is 2.66. The van der Waals surface area contributed by atoms with Crippen LogP contribution in [-0.2, 0) is 18.9 Å². The Morgan fingerprint density at radius 2 is 1.97 bits per heavy atom. The summed E-state index contributed by atoms with van der Waals surface area (Å²) in [4.78, 5) is 42.2. The van der Waals surface area contributed by atoms with Crippen LogP contribution in [0, 0.1) is 12.7 Å². The van der Waals surface area contributed by atoms with Gasteiger partial charge < -0.3 is 15.5 Å². The summed E-state index contributed by atoms with van der Waals surface area (Å²) in [5.41, 5.74) is 0.522. The zero-order valence-electron chi connectivity index (χ0n) is 16.2. The molecule has 0 aliphatic carbocycles. The third-order valence-corrected chi connectivity index (χ3v) is 4.17. The predicted octanol–water partition coefficient (Wildman–Crippen LogP) is -0.320. The fourth-order valence-electron chi connectivity index (χ4n) is 2.53. The summed E-state index contributed by atoms with van der Waals surface area (Å²) >= 11 is 0. The van der Waals surface area contributed by atoms with Gasteiger partial charge in [-0.1, -0.05) is 6.07 Å². The third-order valence-electron chi connectivity index (χ3n) is 4.17. The molecule has 1 atom stereocenters. The highest BCUT2D eigenvalue weighted by Crippen LogP contribution is 2.21. The maximum Gasteiger partial charge on any atom is 0.332 e. The lowest BCUT2D eigenvalue weighted by atomic mass is 10.2. The molecule has 1 amide bonds. The Kier molecular flexibility index (Phi) is 7.26. The monoisotopic (exact) mass is 410 g/mol. The van der Waals surface area contributed by atoms with Gasteiger partial charge in [0, 0.05) is 20.7 Å². The highest BCUT2D eigenvalue weighted by molar-refractivity contribution is 5.98. The molecule has 4 N–H and O–H groups in total. The second-order valence-electron chi connectivity index (χ2n) is 6.45. The fraction of sp³-hybridized carbons (Fsp3) is 0.389. The molecule has 2 rings (SSSR count). The Labute approximate surface area is 165 Å². The van der Waals surface area contributed by atoms with Crippen LogP contribution in [0.5, 0.6) is 0 Å². The first-order valence-electron chi connectivity index (χ1n) is 8.71. The number of anilines is 2. The van der Waals surface area contributed by atoms with E-state index in [0.29, 0.717) is 5.56 Å². The summed E-state index contributed by atoms with van der Waals surface area (Å²) < 4.78 is 16.0. The van der Waals surface area contributed by atoms with Crippen LogP contribution >= 0.6 is 0 Å². The Bertz CT molecular complexity index is 1020. The lowest BCUT2D eigenvalue weighted by molar-refractivity contribution is -0.0189. The molecule has 1 heterocycles. The number of aryl methyl sites for hydroxylation is 1. The quantitative estimate of drug-likeness (QED) is 0.438. The summed E-state index contributed by atoms with van der Waals surface area (Å²) in [6.45, 7) is 1.10. The van der Waals surface area contributed by atoms with Crippen LogP contribution in [0.1, 0.15) is 22.3 Å². The lowest BCUT2D eigenvalue weighted by Gasteiger charge is -2.17. The Hall–Kier alpha value is -3.02. The number of amides is 1. The molecule has 158 valence electrons. The molecule has 0 saturated carbocycles. The lowest BCUT2D eigenvalue weighted by Crippen LogP contribution is -2.43.